The maximum atomic E-state index is 10.3. The largest absolute Gasteiger partial charge is 0.465 e. The molecule has 0 unspecified atom stereocenters. The fraction of sp³-hybridized carbons (Fsp3) is 0.143. The number of nitrogens with two attached hydrogens (primary N) is 1. The van der Waals surface area contributed by atoms with Crippen molar-refractivity contribution in [3.8, 4) is 0 Å². The number of amides is 1. The van der Waals surface area contributed by atoms with E-state index in [4.69, 9.17) is 10.8 Å². The summed E-state index contributed by atoms with van der Waals surface area (Å²) in [6.45, 7) is 0. The van der Waals surface area contributed by atoms with E-state index < -0.39 is 6.09 Å². The molecule has 1 amide bonds. The summed E-state index contributed by atoms with van der Waals surface area (Å²) < 4.78 is 0. The van der Waals surface area contributed by atoms with Crippen LogP contribution in [0.25, 0.3) is 0 Å². The number of rotatable bonds is 2. The summed E-state index contributed by atoms with van der Waals surface area (Å²) in [5.74, 6) is 0.242. The monoisotopic (exact) mass is 182 g/mol. The van der Waals surface area contributed by atoms with Crippen LogP contribution in [0.5, 0.6) is 0 Å². The molecule has 0 aliphatic heterocycles. The number of anilines is 3. The zero-order chi connectivity index (χ0) is 9.84. The third kappa shape index (κ3) is 2.22. The molecule has 0 bridgehead atoms. The first kappa shape index (κ1) is 9.11. The third-order valence-electron chi connectivity index (χ3n) is 1.44. The minimum atomic E-state index is -1.15. The van der Waals surface area contributed by atoms with Gasteiger partial charge in [0.05, 0.1) is 17.6 Å². The maximum Gasteiger partial charge on any atom is 0.410 e. The number of aromatic nitrogens is 1. The highest BCUT2D eigenvalue weighted by Crippen LogP contribution is 2.19. The number of hydrogen-bond acceptors (Lipinski definition) is 4. The van der Waals surface area contributed by atoms with Gasteiger partial charge in [0.2, 0.25) is 0 Å². The molecule has 1 aromatic rings. The summed E-state index contributed by atoms with van der Waals surface area (Å²) >= 11 is 0. The van der Waals surface area contributed by atoms with E-state index in [0.717, 1.165) is 0 Å². The summed E-state index contributed by atoms with van der Waals surface area (Å²) in [4.78, 5) is 14.0. The van der Waals surface area contributed by atoms with Crippen molar-refractivity contribution in [2.24, 2.45) is 0 Å². The molecule has 0 aliphatic carbocycles. The van der Waals surface area contributed by atoms with Crippen molar-refractivity contribution in [2.75, 3.05) is 23.4 Å². The molecule has 6 nitrogen and oxygen atoms in total. The van der Waals surface area contributed by atoms with Gasteiger partial charge in [0, 0.05) is 13.1 Å². The summed E-state index contributed by atoms with van der Waals surface area (Å²) in [6.07, 6.45) is 0.233. The summed E-state index contributed by atoms with van der Waals surface area (Å²) in [5, 5.41) is 13.3. The molecular formula is C7H10N4O2. The predicted molar refractivity (Wildman–Crippen MR) is 49.8 cm³/mol. The number of nitrogens with zero attached hydrogens (tertiary/aromatic N) is 1. The Labute approximate surface area is 74.8 Å². The molecular weight excluding hydrogens is 172 g/mol. The predicted octanol–water partition coefficient (Wildman–Crippen LogP) is 0.795. The van der Waals surface area contributed by atoms with E-state index in [0.29, 0.717) is 11.4 Å². The molecule has 5 N–H and O–H groups in total. The second-order valence-electron chi connectivity index (χ2n) is 2.34. The number of hydrogen-bond donors (Lipinski definition) is 4. The maximum absolute atomic E-state index is 10.3. The van der Waals surface area contributed by atoms with Crippen molar-refractivity contribution < 1.29 is 9.90 Å². The molecule has 1 aromatic heterocycles. The molecule has 6 heteroatoms. The molecule has 0 aromatic carbocycles. The molecule has 70 valence electrons. The first-order valence-corrected chi connectivity index (χ1v) is 3.56. The fourth-order valence-electron chi connectivity index (χ4n) is 0.860. The highest BCUT2D eigenvalue weighted by atomic mass is 16.4. The van der Waals surface area contributed by atoms with E-state index in [9.17, 15) is 4.79 Å². The van der Waals surface area contributed by atoms with Gasteiger partial charge in [0.1, 0.15) is 5.82 Å². The van der Waals surface area contributed by atoms with Crippen molar-refractivity contribution in [3.05, 3.63) is 12.3 Å². The standard InChI is InChI=1S/C7H10N4O2/c1-9-5-2-6(11-7(12)13)10-3-4(5)8/h2-3H,8H2,1H3,(H,12,13)(H2,9,10,11). The van der Waals surface area contributed by atoms with Crippen LogP contribution in [-0.2, 0) is 0 Å². The fourth-order valence-corrected chi connectivity index (χ4v) is 0.860. The highest BCUT2D eigenvalue weighted by Gasteiger charge is 2.02. The molecule has 13 heavy (non-hydrogen) atoms. The Balaban J connectivity index is 2.92. The van der Waals surface area contributed by atoms with E-state index in [2.05, 4.69) is 15.6 Å². The Morgan fingerprint density at radius 1 is 1.69 bits per heavy atom. The molecule has 0 atom stereocenters. The minimum Gasteiger partial charge on any atom is -0.465 e. The minimum absolute atomic E-state index is 0.242. The average Bonchev–Trinajstić information content (AvgIpc) is 2.07. The average molecular weight is 182 g/mol. The molecule has 0 saturated heterocycles. The van der Waals surface area contributed by atoms with Crippen LogP contribution in [0.15, 0.2) is 12.3 Å². The van der Waals surface area contributed by atoms with Crippen LogP contribution in [0.2, 0.25) is 0 Å². The summed E-state index contributed by atoms with van der Waals surface area (Å²) in [7, 11) is 1.69. The van der Waals surface area contributed by atoms with Crippen molar-refractivity contribution in [3.63, 3.8) is 0 Å². The van der Waals surface area contributed by atoms with Gasteiger partial charge in [-0.05, 0) is 0 Å². The number of nitrogen functional groups attached to an aromatic ring is 1. The van der Waals surface area contributed by atoms with E-state index in [-0.39, 0.29) is 5.82 Å². The van der Waals surface area contributed by atoms with E-state index in [1.807, 2.05) is 0 Å². The lowest BCUT2D eigenvalue weighted by Crippen LogP contribution is -2.09. The second kappa shape index (κ2) is 3.61. The van der Waals surface area contributed by atoms with Crippen LogP contribution >= 0.6 is 0 Å². The third-order valence-corrected chi connectivity index (χ3v) is 1.44. The van der Waals surface area contributed by atoms with Gasteiger partial charge in [0.15, 0.2) is 0 Å². The lowest BCUT2D eigenvalue weighted by Gasteiger charge is -2.06. The first-order valence-electron chi connectivity index (χ1n) is 3.56. The van der Waals surface area contributed by atoms with Gasteiger partial charge in [-0.1, -0.05) is 0 Å². The quantitative estimate of drug-likeness (QED) is 0.542. The van der Waals surface area contributed by atoms with Crippen molar-refractivity contribution >= 4 is 23.3 Å². The Morgan fingerprint density at radius 3 is 2.92 bits per heavy atom. The van der Waals surface area contributed by atoms with Gasteiger partial charge in [0.25, 0.3) is 0 Å². The van der Waals surface area contributed by atoms with E-state index in [1.165, 1.54) is 12.3 Å². The van der Waals surface area contributed by atoms with Crippen LogP contribution in [-0.4, -0.2) is 23.2 Å². The Bertz CT molecular complexity index is 326. The van der Waals surface area contributed by atoms with Gasteiger partial charge in [-0.25, -0.2) is 9.78 Å². The van der Waals surface area contributed by atoms with Gasteiger partial charge < -0.3 is 16.2 Å². The van der Waals surface area contributed by atoms with Crippen LogP contribution in [0.4, 0.5) is 22.0 Å². The van der Waals surface area contributed by atoms with Crippen LogP contribution in [0.1, 0.15) is 0 Å². The van der Waals surface area contributed by atoms with Gasteiger partial charge in [-0.2, -0.15) is 0 Å². The molecule has 0 radical (unpaired) electrons. The number of carbonyl (C=O) groups is 1. The summed E-state index contributed by atoms with van der Waals surface area (Å²) in [6, 6.07) is 1.52. The molecule has 1 rings (SSSR count). The van der Waals surface area contributed by atoms with Crippen LogP contribution < -0.4 is 16.4 Å². The van der Waals surface area contributed by atoms with E-state index >= 15 is 0 Å². The van der Waals surface area contributed by atoms with Gasteiger partial charge >= 0.3 is 6.09 Å². The second-order valence-corrected chi connectivity index (χ2v) is 2.34. The SMILES string of the molecule is CNc1cc(NC(=O)O)ncc1N. The number of nitrogens with one attached hydrogen (secondary N) is 2. The zero-order valence-electron chi connectivity index (χ0n) is 7.03. The number of carboxylic acid groups (broad SMARTS) is 1. The zero-order valence-corrected chi connectivity index (χ0v) is 7.03. The van der Waals surface area contributed by atoms with Gasteiger partial charge in [-0.3, -0.25) is 5.32 Å². The smallest absolute Gasteiger partial charge is 0.410 e. The van der Waals surface area contributed by atoms with Crippen molar-refractivity contribution in [1.82, 2.24) is 4.98 Å². The topological polar surface area (TPSA) is 100 Å². The molecule has 0 spiro atoms. The van der Waals surface area contributed by atoms with Crippen molar-refractivity contribution in [2.45, 2.75) is 0 Å². The lowest BCUT2D eigenvalue weighted by atomic mass is 10.3. The summed E-state index contributed by atoms with van der Waals surface area (Å²) in [5.41, 5.74) is 6.64. The highest BCUT2D eigenvalue weighted by molar-refractivity contribution is 5.83. The normalized spacial score (nSPS) is 9.31. The first-order chi connectivity index (χ1) is 6.13. The number of pyridine rings is 1. The molecule has 0 saturated carbocycles. The van der Waals surface area contributed by atoms with E-state index in [1.54, 1.807) is 7.05 Å². The van der Waals surface area contributed by atoms with Crippen molar-refractivity contribution in [1.29, 1.82) is 0 Å². The Hall–Kier alpha value is -1.98. The lowest BCUT2D eigenvalue weighted by molar-refractivity contribution is 0.209. The molecule has 1 heterocycles. The van der Waals surface area contributed by atoms with Crippen LogP contribution in [0, 0.1) is 0 Å². The Morgan fingerprint density at radius 2 is 2.38 bits per heavy atom. The molecule has 0 fully saturated rings. The Kier molecular flexibility index (Phi) is 2.53. The van der Waals surface area contributed by atoms with Crippen LogP contribution in [0.3, 0.4) is 0 Å². The molecule has 0 aliphatic rings. The van der Waals surface area contributed by atoms with Gasteiger partial charge in [-0.15, -0.1) is 0 Å².